The number of ketones is 1. The number of hydrogen-bond donors (Lipinski definition) is 1. The highest BCUT2D eigenvalue weighted by atomic mass is 19.1. The minimum Gasteiger partial charge on any atom is -0.491 e. The number of hydrogen-bond acceptors (Lipinski definition) is 7. The Bertz CT molecular complexity index is 1850. The van der Waals surface area contributed by atoms with Gasteiger partial charge in [-0.15, -0.1) is 0 Å². The van der Waals surface area contributed by atoms with Crippen LogP contribution in [0.5, 0.6) is 23.1 Å². The van der Waals surface area contributed by atoms with Crippen molar-refractivity contribution in [1.29, 1.82) is 0 Å². The Morgan fingerprint density at radius 2 is 1.76 bits per heavy atom. The van der Waals surface area contributed by atoms with Crippen molar-refractivity contribution < 1.29 is 27.8 Å². The second kappa shape index (κ2) is 11.8. The maximum atomic E-state index is 15.2. The molecule has 0 bridgehead atoms. The van der Waals surface area contributed by atoms with Gasteiger partial charge in [0.25, 0.3) is 5.88 Å². The molecule has 42 heavy (non-hydrogen) atoms. The fourth-order valence-corrected chi connectivity index (χ4v) is 4.48. The number of aromatic amines is 1. The molecule has 5 aromatic rings. The fraction of sp³-hybridized carbons (Fsp3) is 0.188. The van der Waals surface area contributed by atoms with E-state index in [1.54, 1.807) is 25.1 Å². The Labute approximate surface area is 239 Å². The highest BCUT2D eigenvalue weighted by molar-refractivity contribution is 5.98. The topological polar surface area (TPSA) is 103 Å². The summed E-state index contributed by atoms with van der Waals surface area (Å²) in [6.07, 6.45) is 2.46. The summed E-state index contributed by atoms with van der Waals surface area (Å²) in [7, 11) is 1.50. The number of aromatic nitrogens is 3. The van der Waals surface area contributed by atoms with Gasteiger partial charge in [-0.05, 0) is 56.2 Å². The maximum Gasteiger partial charge on any atom is 0.258 e. The lowest BCUT2D eigenvalue weighted by atomic mass is 9.98. The minimum atomic E-state index is -0.706. The number of fused-ring (bicyclic) bond motifs is 1. The second-order valence-corrected chi connectivity index (χ2v) is 9.84. The van der Waals surface area contributed by atoms with Gasteiger partial charge in [-0.3, -0.25) is 14.6 Å². The summed E-state index contributed by atoms with van der Waals surface area (Å²) in [5, 5.41) is 0. The molecule has 0 fully saturated rings. The van der Waals surface area contributed by atoms with Crippen molar-refractivity contribution in [3.63, 3.8) is 0 Å². The number of carbonyl (C=O) groups is 1. The summed E-state index contributed by atoms with van der Waals surface area (Å²) in [6.45, 7) is 5.40. The van der Waals surface area contributed by atoms with E-state index >= 15 is 4.39 Å². The van der Waals surface area contributed by atoms with Crippen LogP contribution < -0.4 is 19.6 Å². The first-order chi connectivity index (χ1) is 20.1. The number of aryl methyl sites for hydroxylation is 1. The van der Waals surface area contributed by atoms with Crippen LogP contribution in [-0.4, -0.2) is 33.9 Å². The minimum absolute atomic E-state index is 0.0789. The third-order valence-corrected chi connectivity index (χ3v) is 6.47. The summed E-state index contributed by atoms with van der Waals surface area (Å²) >= 11 is 0. The predicted molar refractivity (Wildman–Crippen MR) is 154 cm³/mol. The summed E-state index contributed by atoms with van der Waals surface area (Å²) in [4.78, 5) is 38.0. The Hall–Kier alpha value is -5.12. The molecule has 0 aliphatic rings. The first-order valence-electron chi connectivity index (χ1n) is 13.1. The van der Waals surface area contributed by atoms with E-state index in [4.69, 9.17) is 14.2 Å². The van der Waals surface area contributed by atoms with Gasteiger partial charge in [0, 0.05) is 42.2 Å². The van der Waals surface area contributed by atoms with Crippen LogP contribution in [0.15, 0.2) is 71.8 Å². The van der Waals surface area contributed by atoms with Gasteiger partial charge < -0.3 is 19.2 Å². The molecule has 0 aliphatic heterocycles. The standard InChI is InChI=1S/C32H27F2N3O5/c1-17(2)41-32-28(40-4)15-24-30(37-32)27(11-12-35-24)42-26-10-5-19(13-23(26)34)14-25(38)22-16-36-18(3)29(31(22)39)20-6-8-21(33)9-7-20/h5-13,15-17H,14H2,1-4H3,(H,36,39). The zero-order chi connectivity index (χ0) is 30.0. The number of Topliss-reactive ketones (excluding diaryl/α,β-unsaturated/α-hetero) is 1. The molecule has 0 amide bonds. The number of rotatable bonds is 9. The molecule has 0 atom stereocenters. The fourth-order valence-electron chi connectivity index (χ4n) is 4.48. The van der Waals surface area contributed by atoms with E-state index in [1.165, 1.54) is 55.9 Å². The van der Waals surface area contributed by atoms with E-state index in [-0.39, 0.29) is 41.0 Å². The Kier molecular flexibility index (Phi) is 7.97. The van der Waals surface area contributed by atoms with Gasteiger partial charge in [0.2, 0.25) is 0 Å². The number of pyridine rings is 3. The molecular formula is C32H27F2N3O5. The van der Waals surface area contributed by atoms with Crippen LogP contribution in [0, 0.1) is 18.6 Å². The van der Waals surface area contributed by atoms with Gasteiger partial charge in [-0.2, -0.15) is 0 Å². The number of methoxy groups -OCH3 is 1. The maximum absolute atomic E-state index is 15.2. The number of nitrogens with one attached hydrogen (secondary N) is 1. The molecule has 0 unspecified atom stereocenters. The molecule has 10 heteroatoms. The van der Waals surface area contributed by atoms with E-state index in [9.17, 15) is 14.0 Å². The van der Waals surface area contributed by atoms with Gasteiger partial charge in [-0.1, -0.05) is 18.2 Å². The van der Waals surface area contributed by atoms with Crippen molar-refractivity contribution in [2.45, 2.75) is 33.3 Å². The average Bonchev–Trinajstić information content (AvgIpc) is 2.95. The van der Waals surface area contributed by atoms with Crippen LogP contribution >= 0.6 is 0 Å². The molecule has 0 saturated heterocycles. The smallest absolute Gasteiger partial charge is 0.258 e. The Morgan fingerprint density at radius 1 is 1.00 bits per heavy atom. The lowest BCUT2D eigenvalue weighted by Gasteiger charge is -2.15. The highest BCUT2D eigenvalue weighted by Crippen LogP contribution is 2.35. The SMILES string of the molecule is COc1cc2nccc(Oc3ccc(CC(=O)c4c[nH]c(C)c(-c5ccc(F)cc5)c4=O)cc3F)c2nc1OC(C)C. The number of H-pyrrole nitrogens is 1. The lowest BCUT2D eigenvalue weighted by molar-refractivity contribution is 0.0991. The Balaban J connectivity index is 1.40. The number of halogens is 2. The largest absolute Gasteiger partial charge is 0.491 e. The molecule has 0 spiro atoms. The molecule has 0 radical (unpaired) electrons. The predicted octanol–water partition coefficient (Wildman–Crippen LogP) is 6.59. The summed E-state index contributed by atoms with van der Waals surface area (Å²) in [5.41, 5.74) is 1.89. The summed E-state index contributed by atoms with van der Waals surface area (Å²) < 4.78 is 45.6. The molecule has 2 aromatic carbocycles. The lowest BCUT2D eigenvalue weighted by Crippen LogP contribution is -2.20. The van der Waals surface area contributed by atoms with Crippen molar-refractivity contribution in [3.8, 4) is 34.3 Å². The summed E-state index contributed by atoms with van der Waals surface area (Å²) in [5.74, 6) is -0.828. The number of nitrogens with zero attached hydrogens (tertiary/aromatic N) is 2. The van der Waals surface area contributed by atoms with Crippen molar-refractivity contribution >= 4 is 16.8 Å². The molecule has 0 saturated carbocycles. The van der Waals surface area contributed by atoms with Crippen molar-refractivity contribution in [2.24, 2.45) is 0 Å². The summed E-state index contributed by atoms with van der Waals surface area (Å²) in [6, 6.07) is 12.8. The number of ether oxygens (including phenoxy) is 3. The van der Waals surface area contributed by atoms with E-state index < -0.39 is 22.8 Å². The zero-order valence-electron chi connectivity index (χ0n) is 23.3. The van der Waals surface area contributed by atoms with Crippen LogP contribution in [0.25, 0.3) is 22.2 Å². The second-order valence-electron chi connectivity index (χ2n) is 9.84. The average molecular weight is 572 g/mol. The van der Waals surface area contributed by atoms with E-state index in [0.29, 0.717) is 33.6 Å². The van der Waals surface area contributed by atoms with E-state index in [1.807, 2.05) is 13.8 Å². The van der Waals surface area contributed by atoms with Crippen molar-refractivity contribution in [3.05, 3.63) is 106 Å². The molecule has 5 rings (SSSR count). The van der Waals surface area contributed by atoms with Gasteiger partial charge in [0.1, 0.15) is 11.3 Å². The third kappa shape index (κ3) is 5.83. The normalized spacial score (nSPS) is 11.1. The quantitative estimate of drug-likeness (QED) is 0.199. The van der Waals surface area contributed by atoms with Crippen LogP contribution in [0.1, 0.15) is 35.5 Å². The van der Waals surface area contributed by atoms with E-state index in [2.05, 4.69) is 15.0 Å². The first kappa shape index (κ1) is 28.4. The monoisotopic (exact) mass is 571 g/mol. The number of carbonyl (C=O) groups excluding carboxylic acids is 1. The van der Waals surface area contributed by atoms with Gasteiger partial charge in [-0.25, -0.2) is 13.8 Å². The van der Waals surface area contributed by atoms with Crippen LogP contribution in [0.2, 0.25) is 0 Å². The molecule has 3 heterocycles. The molecule has 3 aromatic heterocycles. The molecular weight excluding hydrogens is 544 g/mol. The van der Waals surface area contributed by atoms with Gasteiger partial charge >= 0.3 is 0 Å². The zero-order valence-corrected chi connectivity index (χ0v) is 23.3. The third-order valence-electron chi connectivity index (χ3n) is 6.47. The van der Waals surface area contributed by atoms with Crippen molar-refractivity contribution in [1.82, 2.24) is 15.0 Å². The molecule has 0 aliphatic carbocycles. The van der Waals surface area contributed by atoms with Gasteiger partial charge in [0.15, 0.2) is 34.3 Å². The molecule has 214 valence electrons. The molecule has 8 nitrogen and oxygen atoms in total. The first-order valence-corrected chi connectivity index (χ1v) is 13.1. The van der Waals surface area contributed by atoms with Crippen molar-refractivity contribution in [2.75, 3.05) is 7.11 Å². The van der Waals surface area contributed by atoms with Crippen LogP contribution in [0.4, 0.5) is 8.78 Å². The van der Waals surface area contributed by atoms with Crippen LogP contribution in [0.3, 0.4) is 0 Å². The Morgan fingerprint density at radius 3 is 2.45 bits per heavy atom. The van der Waals surface area contributed by atoms with Gasteiger partial charge in [0.05, 0.1) is 24.3 Å². The van der Waals surface area contributed by atoms with E-state index in [0.717, 1.165) is 0 Å². The highest BCUT2D eigenvalue weighted by Gasteiger charge is 2.19. The molecule has 1 N–H and O–H groups in total. The number of benzene rings is 2. The van der Waals surface area contributed by atoms with Crippen LogP contribution in [-0.2, 0) is 6.42 Å².